The molecular formula is C17H25N3O2. The third kappa shape index (κ3) is 3.59. The van der Waals surface area contributed by atoms with Crippen LogP contribution in [0.5, 0.6) is 0 Å². The summed E-state index contributed by atoms with van der Waals surface area (Å²) in [4.78, 5) is 14.4. The molecule has 5 heteroatoms. The van der Waals surface area contributed by atoms with Gasteiger partial charge in [0.25, 0.3) is 0 Å². The Bertz CT molecular complexity index is 514. The lowest BCUT2D eigenvalue weighted by molar-refractivity contribution is -0.122. The number of hydrogen-bond acceptors (Lipinski definition) is 4. The van der Waals surface area contributed by atoms with Gasteiger partial charge in [0.15, 0.2) is 0 Å². The molecule has 22 heavy (non-hydrogen) atoms. The van der Waals surface area contributed by atoms with Crippen molar-refractivity contribution in [2.45, 2.75) is 31.8 Å². The molecule has 0 spiro atoms. The van der Waals surface area contributed by atoms with E-state index >= 15 is 0 Å². The maximum absolute atomic E-state index is 12.1. The molecule has 2 atom stereocenters. The van der Waals surface area contributed by atoms with Gasteiger partial charge in [-0.05, 0) is 25.0 Å². The van der Waals surface area contributed by atoms with Crippen LogP contribution in [0.3, 0.4) is 0 Å². The number of carbonyl (C=O) groups is 1. The van der Waals surface area contributed by atoms with Gasteiger partial charge in [0.1, 0.15) is 0 Å². The fourth-order valence-electron chi connectivity index (χ4n) is 3.24. The standard InChI is InChI=1S/C17H25N3O2/c1-13(20-8-6-14-4-2-3-5-16(14)20)11-19-17(21)10-15-12-22-9-7-18-15/h2-5,13,15,18H,6-12H2,1H3,(H,19,21). The summed E-state index contributed by atoms with van der Waals surface area (Å²) in [5.41, 5.74) is 2.72. The van der Waals surface area contributed by atoms with E-state index in [1.165, 1.54) is 11.3 Å². The van der Waals surface area contributed by atoms with Crippen LogP contribution in [0.25, 0.3) is 0 Å². The first-order chi connectivity index (χ1) is 10.7. The Balaban J connectivity index is 1.46. The Labute approximate surface area is 132 Å². The summed E-state index contributed by atoms with van der Waals surface area (Å²) in [7, 11) is 0. The van der Waals surface area contributed by atoms with Crippen LogP contribution in [0.4, 0.5) is 5.69 Å². The first kappa shape index (κ1) is 15.3. The van der Waals surface area contributed by atoms with Crippen LogP contribution in [-0.2, 0) is 16.0 Å². The van der Waals surface area contributed by atoms with Gasteiger partial charge in [-0.25, -0.2) is 0 Å². The molecule has 1 amide bonds. The van der Waals surface area contributed by atoms with Crippen molar-refractivity contribution in [1.82, 2.24) is 10.6 Å². The molecule has 0 saturated carbocycles. The van der Waals surface area contributed by atoms with Gasteiger partial charge >= 0.3 is 0 Å². The summed E-state index contributed by atoms with van der Waals surface area (Å²) < 4.78 is 5.38. The number of anilines is 1. The van der Waals surface area contributed by atoms with E-state index in [1.54, 1.807) is 0 Å². The number of ether oxygens (including phenoxy) is 1. The van der Waals surface area contributed by atoms with Crippen molar-refractivity contribution in [3.63, 3.8) is 0 Å². The van der Waals surface area contributed by atoms with E-state index in [0.717, 1.165) is 26.1 Å². The molecule has 3 rings (SSSR count). The predicted octanol–water partition coefficient (Wildman–Crippen LogP) is 0.932. The average Bonchev–Trinajstić information content (AvgIpc) is 2.98. The van der Waals surface area contributed by atoms with E-state index in [2.05, 4.69) is 46.7 Å². The van der Waals surface area contributed by atoms with E-state index in [9.17, 15) is 4.79 Å². The number of nitrogens with zero attached hydrogens (tertiary/aromatic N) is 1. The van der Waals surface area contributed by atoms with E-state index in [0.29, 0.717) is 25.6 Å². The fourth-order valence-corrected chi connectivity index (χ4v) is 3.24. The number of carbonyl (C=O) groups excluding carboxylic acids is 1. The summed E-state index contributed by atoms with van der Waals surface area (Å²) in [5.74, 6) is 0.0994. The first-order valence-corrected chi connectivity index (χ1v) is 8.16. The van der Waals surface area contributed by atoms with Crippen LogP contribution in [0.2, 0.25) is 0 Å². The molecule has 2 aliphatic rings. The van der Waals surface area contributed by atoms with Gasteiger partial charge in [-0.15, -0.1) is 0 Å². The molecule has 1 aromatic carbocycles. The largest absolute Gasteiger partial charge is 0.378 e. The van der Waals surface area contributed by atoms with Gasteiger partial charge in [-0.2, -0.15) is 0 Å². The van der Waals surface area contributed by atoms with Gasteiger partial charge in [0.05, 0.1) is 13.2 Å². The van der Waals surface area contributed by atoms with Crippen molar-refractivity contribution in [2.24, 2.45) is 0 Å². The Morgan fingerprint density at radius 2 is 2.36 bits per heavy atom. The molecule has 5 nitrogen and oxygen atoms in total. The highest BCUT2D eigenvalue weighted by molar-refractivity contribution is 5.76. The molecule has 0 aromatic heterocycles. The zero-order chi connectivity index (χ0) is 15.4. The second kappa shape index (κ2) is 7.11. The van der Waals surface area contributed by atoms with E-state index in [1.807, 2.05) is 0 Å². The lowest BCUT2D eigenvalue weighted by Crippen LogP contribution is -2.46. The van der Waals surface area contributed by atoms with Gasteiger partial charge in [0, 0.05) is 43.8 Å². The zero-order valence-electron chi connectivity index (χ0n) is 13.2. The minimum absolute atomic E-state index is 0.0994. The van der Waals surface area contributed by atoms with Crippen molar-refractivity contribution < 1.29 is 9.53 Å². The Morgan fingerprint density at radius 3 is 3.18 bits per heavy atom. The SMILES string of the molecule is CC(CNC(=O)CC1COCCN1)N1CCc2ccccc21. The maximum atomic E-state index is 12.1. The highest BCUT2D eigenvalue weighted by atomic mass is 16.5. The molecular weight excluding hydrogens is 278 g/mol. The minimum atomic E-state index is 0.0994. The molecule has 1 fully saturated rings. The van der Waals surface area contributed by atoms with Crippen LogP contribution in [0.1, 0.15) is 18.9 Å². The molecule has 0 bridgehead atoms. The number of fused-ring (bicyclic) bond motifs is 1. The monoisotopic (exact) mass is 303 g/mol. The Morgan fingerprint density at radius 1 is 1.50 bits per heavy atom. The third-order valence-electron chi connectivity index (χ3n) is 4.48. The maximum Gasteiger partial charge on any atom is 0.221 e. The highest BCUT2D eigenvalue weighted by Gasteiger charge is 2.23. The van der Waals surface area contributed by atoms with E-state index < -0.39 is 0 Å². The topological polar surface area (TPSA) is 53.6 Å². The summed E-state index contributed by atoms with van der Waals surface area (Å²) >= 11 is 0. The fraction of sp³-hybridized carbons (Fsp3) is 0.588. The summed E-state index contributed by atoms with van der Waals surface area (Å²) in [6.45, 7) is 6.09. The van der Waals surface area contributed by atoms with Gasteiger partial charge in [-0.1, -0.05) is 18.2 Å². The predicted molar refractivity (Wildman–Crippen MR) is 87.2 cm³/mol. The third-order valence-corrected chi connectivity index (χ3v) is 4.48. The van der Waals surface area contributed by atoms with Crippen molar-refractivity contribution in [3.8, 4) is 0 Å². The van der Waals surface area contributed by atoms with Crippen molar-refractivity contribution in [2.75, 3.05) is 37.7 Å². The Hall–Kier alpha value is -1.59. The summed E-state index contributed by atoms with van der Waals surface area (Å²) in [6.07, 6.45) is 1.58. The number of benzene rings is 1. The lowest BCUT2D eigenvalue weighted by atomic mass is 10.1. The summed E-state index contributed by atoms with van der Waals surface area (Å²) in [5, 5.41) is 6.37. The second-order valence-electron chi connectivity index (χ2n) is 6.16. The van der Waals surface area contributed by atoms with Crippen LogP contribution >= 0.6 is 0 Å². The smallest absolute Gasteiger partial charge is 0.221 e. The first-order valence-electron chi connectivity index (χ1n) is 8.16. The average molecular weight is 303 g/mol. The molecule has 2 aliphatic heterocycles. The van der Waals surface area contributed by atoms with E-state index in [4.69, 9.17) is 4.74 Å². The Kier molecular flexibility index (Phi) is 4.95. The number of amides is 1. The zero-order valence-corrected chi connectivity index (χ0v) is 13.2. The number of morpholine rings is 1. The molecule has 1 aromatic rings. The molecule has 2 N–H and O–H groups in total. The molecule has 120 valence electrons. The van der Waals surface area contributed by atoms with Gasteiger partial charge in [0.2, 0.25) is 5.91 Å². The summed E-state index contributed by atoms with van der Waals surface area (Å²) in [6, 6.07) is 8.99. The van der Waals surface area contributed by atoms with Crippen LogP contribution < -0.4 is 15.5 Å². The molecule has 2 unspecified atom stereocenters. The minimum Gasteiger partial charge on any atom is -0.378 e. The highest BCUT2D eigenvalue weighted by Crippen LogP contribution is 2.28. The number of hydrogen-bond donors (Lipinski definition) is 2. The van der Waals surface area contributed by atoms with Crippen molar-refractivity contribution in [1.29, 1.82) is 0 Å². The van der Waals surface area contributed by atoms with Crippen molar-refractivity contribution >= 4 is 11.6 Å². The van der Waals surface area contributed by atoms with Crippen LogP contribution in [-0.4, -0.2) is 50.8 Å². The van der Waals surface area contributed by atoms with Crippen LogP contribution in [0, 0.1) is 0 Å². The number of rotatable bonds is 5. The number of para-hydroxylation sites is 1. The van der Waals surface area contributed by atoms with Crippen LogP contribution in [0.15, 0.2) is 24.3 Å². The second-order valence-corrected chi connectivity index (χ2v) is 6.16. The molecule has 0 aliphatic carbocycles. The van der Waals surface area contributed by atoms with E-state index in [-0.39, 0.29) is 11.9 Å². The molecule has 1 saturated heterocycles. The normalized spacial score (nSPS) is 22.2. The van der Waals surface area contributed by atoms with Gasteiger partial charge in [-0.3, -0.25) is 4.79 Å². The quantitative estimate of drug-likeness (QED) is 0.850. The number of nitrogens with one attached hydrogen (secondary N) is 2. The molecule has 2 heterocycles. The molecule has 0 radical (unpaired) electrons. The van der Waals surface area contributed by atoms with Crippen molar-refractivity contribution in [3.05, 3.63) is 29.8 Å². The lowest BCUT2D eigenvalue weighted by Gasteiger charge is -2.28. The van der Waals surface area contributed by atoms with Gasteiger partial charge < -0.3 is 20.3 Å².